The van der Waals surface area contributed by atoms with E-state index in [-0.39, 0.29) is 5.91 Å². The van der Waals surface area contributed by atoms with Crippen molar-refractivity contribution in [2.75, 3.05) is 29.9 Å². The maximum Gasteiger partial charge on any atom is 0.257 e. The zero-order valence-corrected chi connectivity index (χ0v) is 17.7. The SMILES string of the molecule is Cc1c(NC(=O)c2ccc(N3CCN[C@H](C)C3)nc2)cccc1-c1ccc(C#N)cc1. The molecule has 1 amide bonds. The zero-order chi connectivity index (χ0) is 21.8. The number of rotatable bonds is 4. The van der Waals surface area contributed by atoms with Gasteiger partial charge in [0.1, 0.15) is 5.82 Å². The lowest BCUT2D eigenvalue weighted by atomic mass is 9.98. The van der Waals surface area contributed by atoms with Crippen molar-refractivity contribution in [3.05, 3.63) is 77.5 Å². The maximum atomic E-state index is 12.8. The molecule has 1 aliphatic rings. The van der Waals surface area contributed by atoms with E-state index in [9.17, 15) is 4.79 Å². The molecule has 1 fully saturated rings. The highest BCUT2D eigenvalue weighted by Gasteiger charge is 2.17. The molecule has 6 nitrogen and oxygen atoms in total. The lowest BCUT2D eigenvalue weighted by Crippen LogP contribution is -2.49. The Morgan fingerprint density at radius 2 is 2.00 bits per heavy atom. The highest BCUT2D eigenvalue weighted by Crippen LogP contribution is 2.29. The van der Waals surface area contributed by atoms with E-state index in [1.165, 1.54) is 0 Å². The maximum absolute atomic E-state index is 12.8. The minimum Gasteiger partial charge on any atom is -0.354 e. The van der Waals surface area contributed by atoms with E-state index in [4.69, 9.17) is 5.26 Å². The first kappa shape index (κ1) is 20.6. The molecule has 1 aliphatic heterocycles. The highest BCUT2D eigenvalue weighted by molar-refractivity contribution is 6.05. The minimum absolute atomic E-state index is 0.187. The predicted molar refractivity (Wildman–Crippen MR) is 123 cm³/mol. The van der Waals surface area contributed by atoms with Crippen LogP contribution in [0.1, 0.15) is 28.4 Å². The van der Waals surface area contributed by atoms with E-state index >= 15 is 0 Å². The Labute approximate surface area is 182 Å². The van der Waals surface area contributed by atoms with Gasteiger partial charge in [0.2, 0.25) is 0 Å². The smallest absolute Gasteiger partial charge is 0.257 e. The number of piperazine rings is 1. The van der Waals surface area contributed by atoms with Crippen molar-refractivity contribution in [1.82, 2.24) is 10.3 Å². The molecule has 4 rings (SSSR count). The van der Waals surface area contributed by atoms with Gasteiger partial charge in [0, 0.05) is 37.6 Å². The summed E-state index contributed by atoms with van der Waals surface area (Å²) in [5, 5.41) is 15.4. The molecule has 156 valence electrons. The second-order valence-electron chi connectivity index (χ2n) is 7.83. The molecule has 0 aliphatic carbocycles. The number of amides is 1. The fraction of sp³-hybridized carbons (Fsp3) is 0.240. The number of carbonyl (C=O) groups excluding carboxylic acids is 1. The number of nitrogens with one attached hydrogen (secondary N) is 2. The fourth-order valence-corrected chi connectivity index (χ4v) is 3.85. The van der Waals surface area contributed by atoms with Crippen LogP contribution in [0.4, 0.5) is 11.5 Å². The van der Waals surface area contributed by atoms with E-state index in [1.807, 2.05) is 49.4 Å². The number of benzene rings is 2. The van der Waals surface area contributed by atoms with Crippen LogP contribution in [0.2, 0.25) is 0 Å². The van der Waals surface area contributed by atoms with E-state index < -0.39 is 0 Å². The molecule has 2 N–H and O–H groups in total. The number of carbonyl (C=O) groups is 1. The summed E-state index contributed by atoms with van der Waals surface area (Å²) in [6, 6.07) is 19.6. The molecule has 6 heteroatoms. The molecular weight excluding hydrogens is 386 g/mol. The molecule has 0 saturated carbocycles. The van der Waals surface area contributed by atoms with Gasteiger partial charge in [0.15, 0.2) is 0 Å². The van der Waals surface area contributed by atoms with Crippen LogP contribution in [0, 0.1) is 18.3 Å². The van der Waals surface area contributed by atoms with Gasteiger partial charge in [0.25, 0.3) is 5.91 Å². The van der Waals surface area contributed by atoms with E-state index in [0.717, 1.165) is 47.8 Å². The summed E-state index contributed by atoms with van der Waals surface area (Å²) in [5.41, 5.74) is 4.89. The zero-order valence-electron chi connectivity index (χ0n) is 17.7. The van der Waals surface area contributed by atoms with Gasteiger partial charge in [-0.2, -0.15) is 5.26 Å². The number of aromatic nitrogens is 1. The van der Waals surface area contributed by atoms with Gasteiger partial charge in [-0.1, -0.05) is 24.3 Å². The molecule has 2 heterocycles. The Bertz CT molecular complexity index is 1120. The number of nitrogens with zero attached hydrogens (tertiary/aromatic N) is 3. The molecule has 0 radical (unpaired) electrons. The monoisotopic (exact) mass is 411 g/mol. The van der Waals surface area contributed by atoms with Crippen molar-refractivity contribution in [3.63, 3.8) is 0 Å². The first-order chi connectivity index (χ1) is 15.0. The summed E-state index contributed by atoms with van der Waals surface area (Å²) >= 11 is 0. The number of pyridine rings is 1. The number of nitriles is 1. The molecule has 1 atom stereocenters. The summed E-state index contributed by atoms with van der Waals surface area (Å²) in [4.78, 5) is 19.6. The van der Waals surface area contributed by atoms with Crippen molar-refractivity contribution >= 4 is 17.4 Å². The molecule has 1 saturated heterocycles. The number of hydrogen-bond donors (Lipinski definition) is 2. The molecule has 3 aromatic rings. The normalized spacial score (nSPS) is 15.9. The average Bonchev–Trinajstić information content (AvgIpc) is 2.80. The van der Waals surface area contributed by atoms with Crippen LogP contribution >= 0.6 is 0 Å². The second kappa shape index (κ2) is 8.99. The highest BCUT2D eigenvalue weighted by atomic mass is 16.1. The van der Waals surface area contributed by atoms with Gasteiger partial charge < -0.3 is 15.5 Å². The topological polar surface area (TPSA) is 81.1 Å². The van der Waals surface area contributed by atoms with Crippen LogP contribution in [0.25, 0.3) is 11.1 Å². The lowest BCUT2D eigenvalue weighted by Gasteiger charge is -2.32. The Morgan fingerprint density at radius 3 is 2.68 bits per heavy atom. The summed E-state index contributed by atoms with van der Waals surface area (Å²) in [6.45, 7) is 6.88. The minimum atomic E-state index is -0.187. The Balaban J connectivity index is 1.50. The Morgan fingerprint density at radius 1 is 1.19 bits per heavy atom. The van der Waals surface area contributed by atoms with Gasteiger partial charge in [-0.25, -0.2) is 4.98 Å². The molecule has 31 heavy (non-hydrogen) atoms. The third kappa shape index (κ3) is 4.57. The van der Waals surface area contributed by atoms with Crippen molar-refractivity contribution in [3.8, 4) is 17.2 Å². The summed E-state index contributed by atoms with van der Waals surface area (Å²) < 4.78 is 0. The van der Waals surface area contributed by atoms with E-state index in [2.05, 4.69) is 33.5 Å². The van der Waals surface area contributed by atoms with Crippen LogP contribution in [0.5, 0.6) is 0 Å². The van der Waals surface area contributed by atoms with E-state index in [1.54, 1.807) is 18.3 Å². The van der Waals surface area contributed by atoms with Crippen LogP contribution in [-0.4, -0.2) is 36.6 Å². The van der Waals surface area contributed by atoms with Crippen molar-refractivity contribution in [1.29, 1.82) is 5.26 Å². The van der Waals surface area contributed by atoms with Crippen molar-refractivity contribution < 1.29 is 4.79 Å². The second-order valence-corrected chi connectivity index (χ2v) is 7.83. The number of anilines is 2. The van der Waals surface area contributed by atoms with Gasteiger partial charge in [-0.15, -0.1) is 0 Å². The molecule has 0 bridgehead atoms. The molecular formula is C25H25N5O. The fourth-order valence-electron chi connectivity index (χ4n) is 3.85. The molecule has 0 spiro atoms. The van der Waals surface area contributed by atoms with Gasteiger partial charge >= 0.3 is 0 Å². The van der Waals surface area contributed by atoms with E-state index in [0.29, 0.717) is 17.2 Å². The largest absolute Gasteiger partial charge is 0.354 e. The van der Waals surface area contributed by atoms with Crippen molar-refractivity contribution in [2.45, 2.75) is 19.9 Å². The predicted octanol–water partition coefficient (Wildman–Crippen LogP) is 3.98. The summed E-state index contributed by atoms with van der Waals surface area (Å²) in [6.07, 6.45) is 1.64. The van der Waals surface area contributed by atoms with Gasteiger partial charge in [-0.05, 0) is 60.9 Å². The number of hydrogen-bond acceptors (Lipinski definition) is 5. The quantitative estimate of drug-likeness (QED) is 0.679. The third-order valence-electron chi connectivity index (χ3n) is 5.61. The first-order valence-electron chi connectivity index (χ1n) is 10.4. The summed E-state index contributed by atoms with van der Waals surface area (Å²) in [5.74, 6) is 0.705. The van der Waals surface area contributed by atoms with Crippen molar-refractivity contribution in [2.24, 2.45) is 0 Å². The third-order valence-corrected chi connectivity index (χ3v) is 5.61. The van der Waals surface area contributed by atoms with Gasteiger partial charge in [-0.3, -0.25) is 4.79 Å². The van der Waals surface area contributed by atoms with Gasteiger partial charge in [0.05, 0.1) is 17.2 Å². The average molecular weight is 412 g/mol. The first-order valence-corrected chi connectivity index (χ1v) is 10.4. The molecule has 0 unspecified atom stereocenters. The van der Waals surface area contributed by atoms with Crippen LogP contribution < -0.4 is 15.5 Å². The lowest BCUT2D eigenvalue weighted by molar-refractivity contribution is 0.102. The standard InChI is InChI=1S/C25H25N5O/c1-17-16-30(13-12-27-17)24-11-10-21(15-28-24)25(31)29-23-5-3-4-22(18(23)2)20-8-6-19(14-26)7-9-20/h3-11,15,17,27H,12-13,16H2,1-2H3,(H,29,31)/t17-/m1/s1. The van der Waals surface area contributed by atoms with Crippen LogP contribution in [-0.2, 0) is 0 Å². The summed E-state index contributed by atoms with van der Waals surface area (Å²) in [7, 11) is 0. The van der Waals surface area contributed by atoms with Crippen LogP contribution in [0.3, 0.4) is 0 Å². The molecule has 1 aromatic heterocycles. The Kier molecular flexibility index (Phi) is 5.96. The van der Waals surface area contributed by atoms with Crippen LogP contribution in [0.15, 0.2) is 60.8 Å². The Hall–Kier alpha value is -3.69. The molecule has 2 aromatic carbocycles.